The Morgan fingerprint density at radius 2 is 1.81 bits per heavy atom. The molecule has 204 valence electrons. The number of amides is 3. The number of rotatable bonds is 16. The smallest absolute Gasteiger partial charge is 0.326 e. The quantitative estimate of drug-likeness (QED) is 0.0630. The largest absolute Gasteiger partial charge is 0.481 e. The summed E-state index contributed by atoms with van der Waals surface area (Å²) in [5, 5.41) is 33.0. The van der Waals surface area contributed by atoms with Gasteiger partial charge in [0, 0.05) is 19.5 Å². The predicted octanol–water partition coefficient (Wildman–Crippen LogP) is -1.76. The molecule has 1 rings (SSSR count). The molecule has 10 N–H and O–H groups in total. The van der Waals surface area contributed by atoms with Crippen LogP contribution in [0.1, 0.15) is 44.9 Å². The first-order valence-electron chi connectivity index (χ1n) is 11.7. The minimum Gasteiger partial charge on any atom is -0.481 e. The molecule has 0 aromatic heterocycles. The summed E-state index contributed by atoms with van der Waals surface area (Å²) in [5.41, 5.74) is 11.2. The number of hydrogen-bond donors (Lipinski definition) is 8. The zero-order valence-electron chi connectivity index (χ0n) is 20.3. The molecule has 1 saturated heterocycles. The molecule has 0 aromatic rings. The minimum absolute atomic E-state index is 0.196. The Balaban J connectivity index is 2.94. The molecule has 36 heavy (non-hydrogen) atoms. The fraction of sp³-hybridized carbons (Fsp3) is 0.714. The summed E-state index contributed by atoms with van der Waals surface area (Å²) >= 11 is 1.53. The van der Waals surface area contributed by atoms with Crippen molar-refractivity contribution in [2.75, 3.05) is 25.1 Å². The molecular weight excluding hydrogens is 494 g/mol. The average Bonchev–Trinajstić information content (AvgIpc) is 3.30. The highest BCUT2D eigenvalue weighted by Crippen LogP contribution is 2.20. The molecule has 3 amide bonds. The fourth-order valence-corrected chi connectivity index (χ4v) is 4.23. The van der Waals surface area contributed by atoms with Crippen molar-refractivity contribution < 1.29 is 34.2 Å². The molecule has 0 bridgehead atoms. The van der Waals surface area contributed by atoms with Crippen LogP contribution in [0.25, 0.3) is 0 Å². The lowest BCUT2D eigenvalue weighted by atomic mass is 10.1. The maximum absolute atomic E-state index is 13.4. The lowest BCUT2D eigenvalue weighted by Crippen LogP contribution is -2.57. The van der Waals surface area contributed by atoms with Gasteiger partial charge in [-0.15, -0.1) is 0 Å². The van der Waals surface area contributed by atoms with Crippen LogP contribution in [0, 0.1) is 5.41 Å². The number of nitrogens with two attached hydrogens (primary N) is 2. The summed E-state index contributed by atoms with van der Waals surface area (Å²) in [4.78, 5) is 62.4. The van der Waals surface area contributed by atoms with E-state index < -0.39 is 60.2 Å². The third-order valence-corrected chi connectivity index (χ3v) is 6.31. The molecular formula is C21H37N7O7S. The van der Waals surface area contributed by atoms with Crippen LogP contribution in [0.15, 0.2) is 0 Å². The van der Waals surface area contributed by atoms with E-state index in [0.29, 0.717) is 38.0 Å². The highest BCUT2D eigenvalue weighted by Gasteiger charge is 2.39. The second-order valence-electron chi connectivity index (χ2n) is 8.45. The van der Waals surface area contributed by atoms with Gasteiger partial charge in [-0.05, 0) is 50.5 Å². The van der Waals surface area contributed by atoms with E-state index in [2.05, 4.69) is 16.0 Å². The van der Waals surface area contributed by atoms with Crippen molar-refractivity contribution in [2.24, 2.45) is 11.5 Å². The van der Waals surface area contributed by atoms with Gasteiger partial charge in [-0.2, -0.15) is 11.8 Å². The van der Waals surface area contributed by atoms with Crippen molar-refractivity contribution in [2.45, 2.75) is 69.1 Å². The van der Waals surface area contributed by atoms with Crippen LogP contribution in [0.2, 0.25) is 0 Å². The molecule has 0 aliphatic carbocycles. The number of nitrogens with one attached hydrogen (secondary N) is 4. The van der Waals surface area contributed by atoms with E-state index in [1.165, 1.54) is 16.7 Å². The maximum Gasteiger partial charge on any atom is 0.326 e. The van der Waals surface area contributed by atoms with Gasteiger partial charge in [0.25, 0.3) is 0 Å². The summed E-state index contributed by atoms with van der Waals surface area (Å²) in [7, 11) is 0. The molecule has 14 nitrogen and oxygen atoms in total. The highest BCUT2D eigenvalue weighted by molar-refractivity contribution is 7.98. The molecule has 1 aliphatic heterocycles. The van der Waals surface area contributed by atoms with Crippen LogP contribution >= 0.6 is 11.8 Å². The monoisotopic (exact) mass is 531 g/mol. The Morgan fingerprint density at radius 1 is 1.11 bits per heavy atom. The van der Waals surface area contributed by atoms with Gasteiger partial charge < -0.3 is 42.5 Å². The van der Waals surface area contributed by atoms with Crippen molar-refractivity contribution in [1.29, 1.82) is 5.41 Å². The molecule has 0 saturated carbocycles. The van der Waals surface area contributed by atoms with Gasteiger partial charge in [-0.1, -0.05) is 0 Å². The number of carbonyl (C=O) groups excluding carboxylic acids is 3. The molecule has 0 unspecified atom stereocenters. The van der Waals surface area contributed by atoms with Crippen LogP contribution in [0.5, 0.6) is 0 Å². The van der Waals surface area contributed by atoms with Crippen LogP contribution in [0.4, 0.5) is 0 Å². The van der Waals surface area contributed by atoms with E-state index in [9.17, 15) is 29.1 Å². The van der Waals surface area contributed by atoms with Crippen molar-refractivity contribution >= 4 is 47.4 Å². The number of thioether (sulfide) groups is 1. The molecule has 4 atom stereocenters. The van der Waals surface area contributed by atoms with E-state index in [1.54, 1.807) is 0 Å². The van der Waals surface area contributed by atoms with Crippen LogP contribution < -0.4 is 27.4 Å². The van der Waals surface area contributed by atoms with Gasteiger partial charge in [0.1, 0.15) is 18.1 Å². The number of hydrogen-bond acceptors (Lipinski definition) is 8. The van der Waals surface area contributed by atoms with E-state index in [-0.39, 0.29) is 25.3 Å². The Hall–Kier alpha value is -3.07. The van der Waals surface area contributed by atoms with Gasteiger partial charge in [-0.25, -0.2) is 4.79 Å². The van der Waals surface area contributed by atoms with Crippen molar-refractivity contribution in [1.82, 2.24) is 20.9 Å². The molecule has 1 fully saturated rings. The number of carboxylic acid groups (broad SMARTS) is 2. The zero-order chi connectivity index (χ0) is 27.3. The lowest BCUT2D eigenvalue weighted by molar-refractivity contribution is -0.145. The van der Waals surface area contributed by atoms with Crippen molar-refractivity contribution in [3.63, 3.8) is 0 Å². The Kier molecular flexibility index (Phi) is 13.6. The Morgan fingerprint density at radius 3 is 2.39 bits per heavy atom. The third kappa shape index (κ3) is 10.7. The topological polar surface area (TPSA) is 241 Å². The van der Waals surface area contributed by atoms with Gasteiger partial charge in [0.15, 0.2) is 5.96 Å². The van der Waals surface area contributed by atoms with Gasteiger partial charge in [0.2, 0.25) is 17.7 Å². The van der Waals surface area contributed by atoms with Gasteiger partial charge in [-0.3, -0.25) is 24.6 Å². The van der Waals surface area contributed by atoms with E-state index in [0.717, 1.165) is 0 Å². The molecule has 0 aromatic carbocycles. The Bertz CT molecular complexity index is 813. The second kappa shape index (κ2) is 15.8. The first kappa shape index (κ1) is 31.0. The van der Waals surface area contributed by atoms with E-state index in [4.69, 9.17) is 22.0 Å². The molecule has 0 radical (unpaired) electrons. The summed E-state index contributed by atoms with van der Waals surface area (Å²) in [6.07, 6.45) is 2.93. The maximum atomic E-state index is 13.4. The number of carboxylic acids is 2. The average molecular weight is 532 g/mol. The summed E-state index contributed by atoms with van der Waals surface area (Å²) in [5.74, 6) is -3.83. The molecule has 15 heteroatoms. The normalized spacial score (nSPS) is 17.5. The minimum atomic E-state index is -1.41. The number of carbonyl (C=O) groups is 5. The highest BCUT2D eigenvalue weighted by atomic mass is 32.2. The third-order valence-electron chi connectivity index (χ3n) is 5.67. The summed E-state index contributed by atoms with van der Waals surface area (Å²) in [6.45, 7) is 0.529. The number of aliphatic carboxylic acids is 2. The predicted molar refractivity (Wildman–Crippen MR) is 133 cm³/mol. The first-order valence-corrected chi connectivity index (χ1v) is 13.1. The van der Waals surface area contributed by atoms with E-state index in [1.807, 2.05) is 6.26 Å². The lowest BCUT2D eigenvalue weighted by Gasteiger charge is -2.30. The number of nitrogens with zero attached hydrogens (tertiary/aromatic N) is 1. The van der Waals surface area contributed by atoms with Crippen LogP contribution in [0.3, 0.4) is 0 Å². The standard InChI is InChI=1S/C21H37N7O7S/c1-36-11-8-12(22)17(31)26-13(4-2-9-25-21(23)24)19(33)28-10-3-5-15(28)18(32)27-14(20(34)35)6-7-16(29)30/h12-15H,2-11,22H2,1H3,(H,26,31)(H,27,32)(H,29,30)(H,34,35)(H4,23,24,25)/t12-,13-,14-,15-/m0/s1. The van der Waals surface area contributed by atoms with Gasteiger partial charge in [0.05, 0.1) is 6.04 Å². The first-order chi connectivity index (χ1) is 17.0. The van der Waals surface area contributed by atoms with Crippen LogP contribution in [-0.4, -0.2) is 100.0 Å². The zero-order valence-corrected chi connectivity index (χ0v) is 21.1. The van der Waals surface area contributed by atoms with Crippen LogP contribution in [-0.2, 0) is 24.0 Å². The van der Waals surface area contributed by atoms with Crippen molar-refractivity contribution in [3.05, 3.63) is 0 Å². The van der Waals surface area contributed by atoms with Gasteiger partial charge >= 0.3 is 11.9 Å². The number of likely N-dealkylation sites (tertiary alicyclic amines) is 1. The fourth-order valence-electron chi connectivity index (χ4n) is 3.74. The Labute approximate surface area is 213 Å². The number of guanidine groups is 1. The summed E-state index contributed by atoms with van der Waals surface area (Å²) < 4.78 is 0. The molecule has 1 aliphatic rings. The van der Waals surface area contributed by atoms with Crippen molar-refractivity contribution in [3.8, 4) is 0 Å². The second-order valence-corrected chi connectivity index (χ2v) is 9.44. The molecule has 0 spiro atoms. The van der Waals surface area contributed by atoms with E-state index >= 15 is 0 Å². The summed E-state index contributed by atoms with van der Waals surface area (Å²) in [6, 6.07) is -4.16. The molecule has 1 heterocycles. The SMILES string of the molecule is CSCC[C@H](N)C(=O)N[C@@H](CCCNC(=N)N)C(=O)N1CCC[C@H]1C(=O)N[C@@H](CCC(=O)O)C(=O)O.